The highest BCUT2D eigenvalue weighted by atomic mass is 35.5. The monoisotopic (exact) mass is 537 g/mol. The number of aromatic nitrogens is 3. The average Bonchev–Trinajstić information content (AvgIpc) is 3.33. The molecule has 1 aliphatic rings. The molecule has 4 amide bonds. The van der Waals surface area contributed by atoms with E-state index in [0.717, 1.165) is 21.7 Å². The zero-order chi connectivity index (χ0) is 27.6. The molecular formula is C27H32ClN7O3. The lowest BCUT2D eigenvalue weighted by atomic mass is 9.81. The molecule has 1 aliphatic heterocycles. The fraction of sp³-hybridized carbons (Fsp3) is 0.370. The van der Waals surface area contributed by atoms with Crippen molar-refractivity contribution in [3.05, 3.63) is 70.6 Å². The molecule has 3 atom stereocenters. The van der Waals surface area contributed by atoms with Crippen LogP contribution in [0.4, 0.5) is 16.6 Å². The van der Waals surface area contributed by atoms with Crippen LogP contribution in [0.3, 0.4) is 0 Å². The van der Waals surface area contributed by atoms with E-state index < -0.39 is 29.8 Å². The minimum atomic E-state index is -0.993. The Bertz CT molecular complexity index is 1360. The Kier molecular flexibility index (Phi) is 8.01. The Morgan fingerprint density at radius 2 is 2.00 bits per heavy atom. The van der Waals surface area contributed by atoms with Gasteiger partial charge in [-0.05, 0) is 55.2 Å². The molecule has 0 saturated carbocycles. The highest BCUT2D eigenvalue weighted by molar-refractivity contribution is 6.30. The second-order valence-electron chi connectivity index (χ2n) is 9.42. The maximum absolute atomic E-state index is 13.8. The number of rotatable bonds is 8. The Balaban J connectivity index is 1.62. The molecule has 0 unspecified atom stereocenters. The number of imidazole rings is 1. The van der Waals surface area contributed by atoms with Gasteiger partial charge in [-0.3, -0.25) is 19.4 Å². The van der Waals surface area contributed by atoms with Crippen molar-refractivity contribution in [3.8, 4) is 0 Å². The van der Waals surface area contributed by atoms with Crippen molar-refractivity contribution in [3.63, 3.8) is 0 Å². The van der Waals surface area contributed by atoms with E-state index in [-0.39, 0.29) is 12.5 Å². The molecule has 3 aromatic rings. The number of carbonyl (C=O) groups excluding carboxylic acids is 3. The van der Waals surface area contributed by atoms with Gasteiger partial charge < -0.3 is 15.2 Å². The van der Waals surface area contributed by atoms with Crippen LogP contribution in [0.1, 0.15) is 36.2 Å². The first kappa shape index (κ1) is 27.1. The minimum absolute atomic E-state index is 0.289. The zero-order valence-corrected chi connectivity index (χ0v) is 22.9. The van der Waals surface area contributed by atoms with Gasteiger partial charge in [0.05, 0.1) is 12.0 Å². The minimum Gasteiger partial charge on any atom is -0.373 e. The molecule has 11 heteroatoms. The average molecular weight is 538 g/mol. The molecule has 0 bridgehead atoms. The number of nitrogens with one attached hydrogen (secondary N) is 2. The predicted molar refractivity (Wildman–Crippen MR) is 146 cm³/mol. The molecule has 4 rings (SSSR count). The first-order chi connectivity index (χ1) is 18.1. The Morgan fingerprint density at radius 3 is 2.63 bits per heavy atom. The van der Waals surface area contributed by atoms with Gasteiger partial charge in [0.25, 0.3) is 5.91 Å². The first-order valence-electron chi connectivity index (χ1n) is 12.4. The van der Waals surface area contributed by atoms with Gasteiger partial charge in [-0.25, -0.2) is 14.8 Å². The van der Waals surface area contributed by atoms with Gasteiger partial charge in [0.1, 0.15) is 11.9 Å². The van der Waals surface area contributed by atoms with Gasteiger partial charge in [0.2, 0.25) is 11.9 Å². The van der Waals surface area contributed by atoms with Gasteiger partial charge in [-0.1, -0.05) is 30.7 Å². The number of pyridine rings is 1. The molecule has 200 valence electrons. The largest absolute Gasteiger partial charge is 0.373 e. The summed E-state index contributed by atoms with van der Waals surface area (Å²) < 4.78 is 1.70. The number of imide groups is 1. The number of hydrogen-bond acceptors (Lipinski definition) is 6. The summed E-state index contributed by atoms with van der Waals surface area (Å²) in [6.45, 7) is 3.79. The van der Waals surface area contributed by atoms with Crippen LogP contribution in [0.25, 0.3) is 0 Å². The lowest BCUT2D eigenvalue weighted by molar-refractivity contribution is -0.156. The Labute approximate surface area is 227 Å². The van der Waals surface area contributed by atoms with Crippen LogP contribution in [0, 0.1) is 12.8 Å². The summed E-state index contributed by atoms with van der Waals surface area (Å²) in [5, 5.41) is 6.48. The molecule has 1 aromatic carbocycles. The second-order valence-corrected chi connectivity index (χ2v) is 9.85. The van der Waals surface area contributed by atoms with Crippen LogP contribution in [0.2, 0.25) is 5.02 Å². The Hall–Kier alpha value is -3.92. The third-order valence-electron chi connectivity index (χ3n) is 6.79. The van der Waals surface area contributed by atoms with E-state index in [1.54, 1.807) is 50.2 Å². The normalized spacial score (nSPS) is 17.5. The molecule has 1 saturated heterocycles. The van der Waals surface area contributed by atoms with Crippen LogP contribution in [-0.4, -0.2) is 57.4 Å². The number of anilines is 2. The van der Waals surface area contributed by atoms with Crippen LogP contribution in [0.5, 0.6) is 0 Å². The summed E-state index contributed by atoms with van der Waals surface area (Å²) in [6.07, 6.45) is 4.18. The van der Waals surface area contributed by atoms with Crippen LogP contribution in [-0.2, 0) is 23.1 Å². The third kappa shape index (κ3) is 5.35. The number of carbonyl (C=O) groups is 3. The fourth-order valence-electron chi connectivity index (χ4n) is 4.84. The number of aryl methyl sites for hydroxylation is 2. The zero-order valence-electron chi connectivity index (χ0n) is 22.1. The number of benzene rings is 1. The van der Waals surface area contributed by atoms with E-state index in [1.165, 1.54) is 4.90 Å². The summed E-state index contributed by atoms with van der Waals surface area (Å²) in [6, 6.07) is 8.94. The molecule has 0 spiro atoms. The van der Waals surface area contributed by atoms with Crippen molar-refractivity contribution < 1.29 is 14.4 Å². The van der Waals surface area contributed by atoms with E-state index in [4.69, 9.17) is 11.6 Å². The number of urea groups is 1. The molecule has 2 N–H and O–H groups in total. The van der Waals surface area contributed by atoms with E-state index in [0.29, 0.717) is 23.2 Å². The number of amides is 4. The molecular weight excluding hydrogens is 506 g/mol. The molecule has 38 heavy (non-hydrogen) atoms. The Morgan fingerprint density at radius 1 is 1.24 bits per heavy atom. The van der Waals surface area contributed by atoms with Crippen LogP contribution in [0.15, 0.2) is 48.8 Å². The van der Waals surface area contributed by atoms with E-state index >= 15 is 0 Å². The van der Waals surface area contributed by atoms with Gasteiger partial charge in [-0.15, -0.1) is 0 Å². The van der Waals surface area contributed by atoms with E-state index in [2.05, 4.69) is 20.6 Å². The summed E-state index contributed by atoms with van der Waals surface area (Å²) in [4.78, 5) is 51.7. The smallest absolute Gasteiger partial charge is 0.325 e. The summed E-state index contributed by atoms with van der Waals surface area (Å²) in [5.41, 5.74) is 2.45. The van der Waals surface area contributed by atoms with E-state index in [1.807, 2.05) is 38.1 Å². The number of β-lactam (4-membered cyclic amide) rings is 1. The van der Waals surface area contributed by atoms with Gasteiger partial charge >= 0.3 is 6.03 Å². The van der Waals surface area contributed by atoms with Gasteiger partial charge in [-0.2, -0.15) is 0 Å². The lowest BCUT2D eigenvalue weighted by Crippen LogP contribution is -2.70. The number of likely N-dealkylation sites (N-methyl/N-ethyl adjacent to an activating group) is 1. The molecule has 2 aromatic heterocycles. The topological polar surface area (TPSA) is 112 Å². The maximum Gasteiger partial charge on any atom is 0.325 e. The van der Waals surface area contributed by atoms with Crippen molar-refractivity contribution in [1.29, 1.82) is 0 Å². The summed E-state index contributed by atoms with van der Waals surface area (Å²) >= 11 is 6.15. The highest BCUT2D eigenvalue weighted by Gasteiger charge is 2.55. The van der Waals surface area contributed by atoms with Crippen molar-refractivity contribution in [1.82, 2.24) is 24.8 Å². The van der Waals surface area contributed by atoms with Crippen LogP contribution < -0.4 is 15.5 Å². The molecule has 3 heterocycles. The first-order valence-corrected chi connectivity index (χ1v) is 12.8. The van der Waals surface area contributed by atoms with Gasteiger partial charge in [0.15, 0.2) is 0 Å². The van der Waals surface area contributed by atoms with Crippen LogP contribution >= 0.6 is 11.6 Å². The highest BCUT2D eigenvalue weighted by Crippen LogP contribution is 2.33. The fourth-order valence-corrected chi connectivity index (χ4v) is 5.04. The SMILES string of the molecule is CC[C@@H](NC(=O)N1C(=O)[C@H](Cc2cc(C)nc(NC)c2)[C@H]1C(=O)N(C)c1nccn1C)c1cccc(Cl)c1. The second kappa shape index (κ2) is 11.2. The predicted octanol–water partition coefficient (Wildman–Crippen LogP) is 3.71. The standard InChI is InChI=1S/C27H32ClN7O3/c1-6-21(18-8-7-9-19(28)15-18)32-27(38)35-23(25(37)34(5)26-30-10-11-33(26)4)20(24(35)36)13-17-12-16(2)31-22(14-17)29-3/h7-12,14-15,20-21,23H,6,13H2,1-5H3,(H,29,31)(H,32,38)/t20-,21-,23+/m1/s1. The number of likely N-dealkylation sites (tertiary alicyclic amines) is 1. The van der Waals surface area contributed by atoms with Crippen molar-refractivity contribution in [2.45, 2.75) is 38.8 Å². The number of hydrogen-bond donors (Lipinski definition) is 2. The van der Waals surface area contributed by atoms with Crippen molar-refractivity contribution >= 4 is 41.2 Å². The molecule has 10 nitrogen and oxygen atoms in total. The molecule has 0 radical (unpaired) electrons. The quantitative estimate of drug-likeness (QED) is 0.424. The lowest BCUT2D eigenvalue weighted by Gasteiger charge is -2.45. The summed E-state index contributed by atoms with van der Waals surface area (Å²) in [7, 11) is 5.14. The molecule has 1 fully saturated rings. The van der Waals surface area contributed by atoms with Gasteiger partial charge in [0, 0.05) is 44.3 Å². The third-order valence-corrected chi connectivity index (χ3v) is 7.03. The van der Waals surface area contributed by atoms with Crippen molar-refractivity contribution in [2.24, 2.45) is 13.0 Å². The maximum atomic E-state index is 13.8. The number of halogens is 1. The van der Waals surface area contributed by atoms with Crippen molar-refractivity contribution in [2.75, 3.05) is 24.3 Å². The molecule has 0 aliphatic carbocycles. The number of nitrogens with zero attached hydrogens (tertiary/aromatic N) is 5. The van der Waals surface area contributed by atoms with E-state index in [9.17, 15) is 14.4 Å². The summed E-state index contributed by atoms with van der Waals surface area (Å²) in [5.74, 6) is -0.434.